The monoisotopic (exact) mass is 408 g/mol. The molecule has 0 saturated heterocycles. The lowest BCUT2D eigenvalue weighted by atomic mass is 10.1. The van der Waals surface area contributed by atoms with E-state index < -0.39 is 0 Å². The van der Waals surface area contributed by atoms with Gasteiger partial charge >= 0.3 is 0 Å². The maximum Gasteiger partial charge on any atom is 0.160 e. The summed E-state index contributed by atoms with van der Waals surface area (Å²) >= 11 is 0. The van der Waals surface area contributed by atoms with Gasteiger partial charge in [-0.1, -0.05) is 12.1 Å². The van der Waals surface area contributed by atoms with E-state index in [1.807, 2.05) is 12.1 Å². The van der Waals surface area contributed by atoms with Crippen molar-refractivity contribution in [1.29, 1.82) is 0 Å². The third-order valence-electron chi connectivity index (χ3n) is 5.07. The number of benzene rings is 1. The maximum absolute atomic E-state index is 13.4. The summed E-state index contributed by atoms with van der Waals surface area (Å²) in [6.07, 6.45) is 8.31. The van der Waals surface area contributed by atoms with E-state index in [4.69, 9.17) is 4.98 Å². The first-order valence-corrected chi connectivity index (χ1v) is 9.47. The standard InChI is InChI=1S/C22H13FN8/c23-14-3-1-12(2-4-14)15-5-6-26-21-19(15)28-22(29-21)20-16-7-17(13-8-24-11-25-9-13)27-10-18(16)30-31-20/h1-11H,(H,30,31)(H,26,28,29). The van der Waals surface area contributed by atoms with E-state index in [1.54, 1.807) is 36.9 Å². The van der Waals surface area contributed by atoms with Crippen LogP contribution in [-0.2, 0) is 0 Å². The van der Waals surface area contributed by atoms with E-state index in [2.05, 4.69) is 35.1 Å². The molecule has 0 unspecified atom stereocenters. The Labute approximate surface area is 174 Å². The average molecular weight is 408 g/mol. The number of nitrogens with zero attached hydrogens (tertiary/aromatic N) is 6. The van der Waals surface area contributed by atoms with E-state index in [9.17, 15) is 4.39 Å². The van der Waals surface area contributed by atoms with Gasteiger partial charge in [-0.3, -0.25) is 10.1 Å². The van der Waals surface area contributed by atoms with Crippen LogP contribution in [0.1, 0.15) is 0 Å². The molecule has 31 heavy (non-hydrogen) atoms. The molecule has 0 amide bonds. The molecule has 0 saturated carbocycles. The van der Waals surface area contributed by atoms with Gasteiger partial charge in [0.15, 0.2) is 11.5 Å². The molecule has 5 aromatic heterocycles. The van der Waals surface area contributed by atoms with Crippen LogP contribution in [-0.4, -0.2) is 40.1 Å². The molecule has 1 aromatic carbocycles. The highest BCUT2D eigenvalue weighted by atomic mass is 19.1. The second-order valence-electron chi connectivity index (χ2n) is 6.96. The Morgan fingerprint density at radius 1 is 0.871 bits per heavy atom. The highest BCUT2D eigenvalue weighted by Crippen LogP contribution is 2.31. The van der Waals surface area contributed by atoms with Crippen molar-refractivity contribution >= 4 is 22.1 Å². The quantitative estimate of drug-likeness (QED) is 0.455. The van der Waals surface area contributed by atoms with Crippen molar-refractivity contribution in [3.05, 3.63) is 73.3 Å². The lowest BCUT2D eigenvalue weighted by molar-refractivity contribution is 0.628. The zero-order chi connectivity index (χ0) is 20.8. The third kappa shape index (κ3) is 2.91. The van der Waals surface area contributed by atoms with Crippen molar-refractivity contribution in [3.63, 3.8) is 0 Å². The predicted molar refractivity (Wildman–Crippen MR) is 113 cm³/mol. The molecule has 0 fully saturated rings. The minimum Gasteiger partial charge on any atom is -0.321 e. The van der Waals surface area contributed by atoms with Crippen LogP contribution in [0.4, 0.5) is 4.39 Å². The largest absolute Gasteiger partial charge is 0.321 e. The molecule has 0 radical (unpaired) electrons. The summed E-state index contributed by atoms with van der Waals surface area (Å²) in [6, 6.07) is 10.1. The number of H-pyrrole nitrogens is 2. The number of hydrogen-bond donors (Lipinski definition) is 2. The Bertz CT molecular complexity index is 1540. The molecule has 0 bridgehead atoms. The van der Waals surface area contributed by atoms with Crippen LogP contribution in [0, 0.1) is 5.82 Å². The Kier molecular flexibility index (Phi) is 3.79. The molecule has 0 spiro atoms. The number of aromatic nitrogens is 8. The van der Waals surface area contributed by atoms with Crippen LogP contribution < -0.4 is 0 Å². The Hall–Kier alpha value is -4.53. The lowest BCUT2D eigenvalue weighted by Crippen LogP contribution is -1.87. The molecule has 9 heteroatoms. The fourth-order valence-corrected chi connectivity index (χ4v) is 3.57. The predicted octanol–water partition coefficient (Wildman–Crippen LogP) is 4.16. The number of nitrogens with one attached hydrogen (secondary N) is 2. The zero-order valence-electron chi connectivity index (χ0n) is 15.9. The lowest BCUT2D eigenvalue weighted by Gasteiger charge is -2.01. The normalized spacial score (nSPS) is 11.4. The van der Waals surface area contributed by atoms with Gasteiger partial charge < -0.3 is 4.98 Å². The van der Waals surface area contributed by atoms with Crippen LogP contribution in [0.3, 0.4) is 0 Å². The van der Waals surface area contributed by atoms with Crippen LogP contribution in [0.15, 0.2) is 67.5 Å². The molecule has 5 heterocycles. The summed E-state index contributed by atoms with van der Waals surface area (Å²) < 4.78 is 13.4. The molecule has 0 atom stereocenters. The summed E-state index contributed by atoms with van der Waals surface area (Å²) in [6.45, 7) is 0. The Morgan fingerprint density at radius 3 is 2.55 bits per heavy atom. The second kappa shape index (κ2) is 6.77. The summed E-state index contributed by atoms with van der Waals surface area (Å²) in [5, 5.41) is 8.30. The number of hydrogen-bond acceptors (Lipinski definition) is 6. The number of halogens is 1. The van der Waals surface area contributed by atoms with Gasteiger partial charge in [0, 0.05) is 35.1 Å². The molecule has 2 N–H and O–H groups in total. The van der Waals surface area contributed by atoms with E-state index in [-0.39, 0.29) is 5.82 Å². The van der Waals surface area contributed by atoms with E-state index >= 15 is 0 Å². The zero-order valence-corrected chi connectivity index (χ0v) is 15.9. The van der Waals surface area contributed by atoms with Gasteiger partial charge in [0.25, 0.3) is 0 Å². The minimum absolute atomic E-state index is 0.284. The van der Waals surface area contributed by atoms with Crippen molar-refractivity contribution in [1.82, 2.24) is 40.1 Å². The number of pyridine rings is 2. The highest BCUT2D eigenvalue weighted by Gasteiger charge is 2.17. The van der Waals surface area contributed by atoms with E-state index in [0.29, 0.717) is 22.7 Å². The van der Waals surface area contributed by atoms with E-state index in [1.165, 1.54) is 18.5 Å². The third-order valence-corrected chi connectivity index (χ3v) is 5.07. The van der Waals surface area contributed by atoms with Crippen LogP contribution in [0.25, 0.3) is 56.0 Å². The number of rotatable bonds is 3. The molecular formula is C22H13FN8. The number of aromatic amines is 2. The van der Waals surface area contributed by atoms with Gasteiger partial charge in [0.05, 0.1) is 17.4 Å². The molecule has 6 rings (SSSR count). The fourth-order valence-electron chi connectivity index (χ4n) is 3.57. The molecule has 8 nitrogen and oxygen atoms in total. The van der Waals surface area contributed by atoms with Gasteiger partial charge in [-0.25, -0.2) is 24.3 Å². The smallest absolute Gasteiger partial charge is 0.160 e. The van der Waals surface area contributed by atoms with Gasteiger partial charge in [0.1, 0.15) is 23.4 Å². The molecule has 6 aromatic rings. The first-order valence-electron chi connectivity index (χ1n) is 9.47. The van der Waals surface area contributed by atoms with Crippen molar-refractivity contribution in [2.75, 3.05) is 0 Å². The van der Waals surface area contributed by atoms with Crippen molar-refractivity contribution in [2.45, 2.75) is 0 Å². The van der Waals surface area contributed by atoms with Crippen molar-refractivity contribution in [3.8, 4) is 33.9 Å². The summed E-state index contributed by atoms with van der Waals surface area (Å²) in [7, 11) is 0. The molecule has 0 aliphatic heterocycles. The first-order chi connectivity index (χ1) is 15.3. The van der Waals surface area contributed by atoms with E-state index in [0.717, 1.165) is 33.3 Å². The summed E-state index contributed by atoms with van der Waals surface area (Å²) in [5.74, 6) is 0.290. The molecule has 148 valence electrons. The summed E-state index contributed by atoms with van der Waals surface area (Å²) in [4.78, 5) is 25.0. The fraction of sp³-hybridized carbons (Fsp3) is 0. The van der Waals surface area contributed by atoms with Gasteiger partial charge in [-0.2, -0.15) is 5.10 Å². The SMILES string of the molecule is Fc1ccc(-c2ccnc3[nH]c(-c4n[nH]c5cnc(-c6cncnc6)cc45)nc23)cc1. The van der Waals surface area contributed by atoms with Crippen LogP contribution >= 0.6 is 0 Å². The molecule has 0 aliphatic rings. The Balaban J connectivity index is 1.51. The first kappa shape index (κ1) is 17.3. The molecule has 0 aliphatic carbocycles. The summed E-state index contributed by atoms with van der Waals surface area (Å²) in [5.41, 5.74) is 6.00. The number of fused-ring (bicyclic) bond motifs is 2. The van der Waals surface area contributed by atoms with Gasteiger partial charge in [-0.15, -0.1) is 0 Å². The van der Waals surface area contributed by atoms with Crippen molar-refractivity contribution < 1.29 is 4.39 Å². The van der Waals surface area contributed by atoms with Crippen LogP contribution in [0.2, 0.25) is 0 Å². The minimum atomic E-state index is -0.284. The highest BCUT2D eigenvalue weighted by molar-refractivity contribution is 5.96. The van der Waals surface area contributed by atoms with Crippen LogP contribution in [0.5, 0.6) is 0 Å². The maximum atomic E-state index is 13.4. The van der Waals surface area contributed by atoms with Crippen molar-refractivity contribution in [2.24, 2.45) is 0 Å². The number of imidazole rings is 1. The second-order valence-corrected chi connectivity index (χ2v) is 6.96. The topological polar surface area (TPSA) is 109 Å². The van der Waals surface area contributed by atoms with Gasteiger partial charge in [-0.05, 0) is 29.8 Å². The Morgan fingerprint density at radius 2 is 1.71 bits per heavy atom. The molecular weight excluding hydrogens is 395 g/mol. The average Bonchev–Trinajstić information content (AvgIpc) is 3.43. The van der Waals surface area contributed by atoms with Gasteiger partial charge in [0.2, 0.25) is 0 Å².